The third kappa shape index (κ3) is 27.7. The third-order valence-corrected chi connectivity index (χ3v) is 10.3. The molecule has 0 heterocycles. The lowest BCUT2D eigenvalue weighted by atomic mass is 10.1. The molecule has 0 rings (SSSR count). The van der Waals surface area contributed by atoms with Crippen molar-refractivity contribution in [2.45, 2.75) is 182 Å². The van der Waals surface area contributed by atoms with Crippen molar-refractivity contribution in [3.63, 3.8) is 0 Å². The van der Waals surface area contributed by atoms with Crippen molar-refractivity contribution in [2.75, 3.05) is 80.5 Å². The first-order valence-electron chi connectivity index (χ1n) is 21.2. The molecule has 48 heavy (non-hydrogen) atoms. The van der Waals surface area contributed by atoms with Crippen LogP contribution < -0.4 is 0 Å². The minimum atomic E-state index is 0.313. The van der Waals surface area contributed by atoms with Crippen molar-refractivity contribution >= 4 is 11.8 Å². The Bertz CT molecular complexity index is 660. The van der Waals surface area contributed by atoms with Gasteiger partial charge in [0.05, 0.1) is 28.2 Å². The summed E-state index contributed by atoms with van der Waals surface area (Å²) in [4.78, 5) is 31.8. The fraction of sp³-hybridized carbons (Fsp3) is 0.952. The van der Waals surface area contributed by atoms with E-state index in [1.807, 2.05) is 0 Å². The lowest BCUT2D eigenvalue weighted by Gasteiger charge is -2.37. The van der Waals surface area contributed by atoms with Crippen LogP contribution >= 0.6 is 0 Å². The molecule has 0 bridgehead atoms. The average Bonchev–Trinajstić information content (AvgIpc) is 3.04. The Balaban J connectivity index is 5.07. The van der Waals surface area contributed by atoms with Gasteiger partial charge in [0.15, 0.2) is 13.1 Å². The molecule has 0 aliphatic carbocycles. The first-order chi connectivity index (χ1) is 23.0. The first-order valence-corrected chi connectivity index (χ1v) is 21.2. The molecular formula is C42H88N4O2+2. The molecule has 0 aromatic heterocycles. The van der Waals surface area contributed by atoms with Gasteiger partial charge in [0, 0.05) is 26.2 Å². The van der Waals surface area contributed by atoms with Crippen molar-refractivity contribution in [3.05, 3.63) is 0 Å². The van der Waals surface area contributed by atoms with Crippen LogP contribution in [0.1, 0.15) is 182 Å². The molecule has 6 nitrogen and oxygen atoms in total. The maximum absolute atomic E-state index is 13.7. The molecule has 2 amide bonds. The van der Waals surface area contributed by atoms with E-state index >= 15 is 0 Å². The summed E-state index contributed by atoms with van der Waals surface area (Å²) in [5, 5.41) is 0. The molecule has 0 saturated carbocycles. The largest absolute Gasteiger partial charge is 0.338 e. The highest BCUT2D eigenvalue weighted by Crippen LogP contribution is 2.13. The highest BCUT2D eigenvalue weighted by atomic mass is 16.2. The lowest BCUT2D eigenvalue weighted by Crippen LogP contribution is -2.56. The van der Waals surface area contributed by atoms with Crippen molar-refractivity contribution in [1.29, 1.82) is 0 Å². The second kappa shape index (κ2) is 30.7. The Kier molecular flexibility index (Phi) is 29.9. The van der Waals surface area contributed by atoms with Crippen LogP contribution in [0.2, 0.25) is 0 Å². The van der Waals surface area contributed by atoms with Crippen LogP contribution in [0, 0.1) is 0 Å². The van der Waals surface area contributed by atoms with Crippen molar-refractivity contribution in [2.24, 2.45) is 0 Å². The summed E-state index contributed by atoms with van der Waals surface area (Å²) in [6.07, 6.45) is 30.2. The quantitative estimate of drug-likeness (QED) is 0.0494. The molecule has 0 saturated heterocycles. The molecule has 0 aliphatic heterocycles. The van der Waals surface area contributed by atoms with Crippen LogP contribution in [0.25, 0.3) is 0 Å². The van der Waals surface area contributed by atoms with Gasteiger partial charge in [-0.15, -0.1) is 0 Å². The predicted octanol–water partition coefficient (Wildman–Crippen LogP) is 10.2. The van der Waals surface area contributed by atoms with Gasteiger partial charge >= 0.3 is 0 Å². The number of rotatable bonds is 35. The Hall–Kier alpha value is -1.14. The van der Waals surface area contributed by atoms with Crippen LogP contribution in [0.4, 0.5) is 0 Å². The van der Waals surface area contributed by atoms with Gasteiger partial charge in [0.2, 0.25) is 0 Å². The molecule has 0 radical (unpaired) electrons. The number of carbonyl (C=O) groups is 2. The molecule has 286 valence electrons. The number of carbonyl (C=O) groups excluding carboxylic acids is 2. The van der Waals surface area contributed by atoms with Gasteiger partial charge in [0.1, 0.15) is 13.1 Å². The molecular weight excluding hydrogens is 592 g/mol. The highest BCUT2D eigenvalue weighted by Gasteiger charge is 2.30. The SMILES string of the molecule is CCCCCCCCN(CCCCCCCC)C(=O)C[N+](C)(C)CC[N+](C)(C)CC(=O)N(CCCCCCCC)CCCCCCCC. The Morgan fingerprint density at radius 1 is 0.354 bits per heavy atom. The van der Waals surface area contributed by atoms with E-state index in [-0.39, 0.29) is 0 Å². The zero-order valence-electron chi connectivity index (χ0n) is 34.2. The van der Waals surface area contributed by atoms with E-state index in [2.05, 4.69) is 65.7 Å². The predicted molar refractivity (Wildman–Crippen MR) is 210 cm³/mol. The van der Waals surface area contributed by atoms with Crippen molar-refractivity contribution in [3.8, 4) is 0 Å². The Morgan fingerprint density at radius 3 is 0.792 bits per heavy atom. The second-order valence-electron chi connectivity index (χ2n) is 16.5. The zero-order chi connectivity index (χ0) is 35.9. The number of hydrogen-bond acceptors (Lipinski definition) is 2. The average molecular weight is 681 g/mol. The smallest absolute Gasteiger partial charge is 0.277 e. The molecule has 0 fully saturated rings. The zero-order valence-corrected chi connectivity index (χ0v) is 34.2. The van der Waals surface area contributed by atoms with E-state index < -0.39 is 0 Å². The van der Waals surface area contributed by atoms with Gasteiger partial charge in [-0.1, -0.05) is 156 Å². The maximum Gasteiger partial charge on any atom is 0.277 e. The monoisotopic (exact) mass is 681 g/mol. The fourth-order valence-electron chi connectivity index (χ4n) is 6.69. The van der Waals surface area contributed by atoms with Crippen molar-refractivity contribution < 1.29 is 18.6 Å². The van der Waals surface area contributed by atoms with E-state index in [9.17, 15) is 9.59 Å². The van der Waals surface area contributed by atoms with E-state index in [4.69, 9.17) is 0 Å². The van der Waals surface area contributed by atoms with E-state index in [0.29, 0.717) is 33.9 Å². The summed E-state index contributed by atoms with van der Waals surface area (Å²) in [5.41, 5.74) is 0. The van der Waals surface area contributed by atoms with E-state index in [1.165, 1.54) is 128 Å². The lowest BCUT2D eigenvalue weighted by molar-refractivity contribution is -0.938. The van der Waals surface area contributed by atoms with Gasteiger partial charge in [-0.3, -0.25) is 9.59 Å². The standard InChI is InChI=1S/C42H88N4O2/c1-9-13-17-21-25-29-33-43(34-30-26-22-18-14-10-2)41(47)39-45(5,6)37-38-46(7,8)40-42(48)44(35-31-27-23-19-15-11-3)36-32-28-24-20-16-12-4/h9-40H2,1-8H3/q+2. The number of likely N-dealkylation sites (N-methyl/N-ethyl adjacent to an activating group) is 2. The molecule has 0 N–H and O–H groups in total. The minimum absolute atomic E-state index is 0.313. The van der Waals surface area contributed by atoms with Gasteiger partial charge < -0.3 is 18.8 Å². The fourth-order valence-corrected chi connectivity index (χ4v) is 6.69. The Labute approximate surface area is 301 Å². The van der Waals surface area contributed by atoms with Gasteiger partial charge in [0.25, 0.3) is 11.8 Å². The van der Waals surface area contributed by atoms with Gasteiger partial charge in [-0.2, -0.15) is 0 Å². The second-order valence-corrected chi connectivity index (χ2v) is 16.5. The van der Waals surface area contributed by atoms with E-state index in [0.717, 1.165) is 65.0 Å². The summed E-state index contributed by atoms with van der Waals surface area (Å²) in [6.45, 7) is 15.6. The number of hydrogen-bond donors (Lipinski definition) is 0. The highest BCUT2D eigenvalue weighted by molar-refractivity contribution is 5.77. The molecule has 6 heteroatoms. The van der Waals surface area contributed by atoms with E-state index in [1.54, 1.807) is 0 Å². The van der Waals surface area contributed by atoms with Crippen LogP contribution in [-0.4, -0.2) is 111 Å². The number of nitrogens with zero attached hydrogens (tertiary/aromatic N) is 4. The summed E-state index contributed by atoms with van der Waals surface area (Å²) in [6, 6.07) is 0. The number of quaternary nitrogens is 2. The normalized spacial score (nSPS) is 12.1. The van der Waals surface area contributed by atoms with Crippen LogP contribution in [-0.2, 0) is 9.59 Å². The topological polar surface area (TPSA) is 40.6 Å². The summed E-state index contributed by atoms with van der Waals surface area (Å²) < 4.78 is 1.36. The Morgan fingerprint density at radius 2 is 0.562 bits per heavy atom. The van der Waals surface area contributed by atoms with Gasteiger partial charge in [-0.25, -0.2) is 0 Å². The van der Waals surface area contributed by atoms with Crippen molar-refractivity contribution in [1.82, 2.24) is 9.80 Å². The number of unbranched alkanes of at least 4 members (excludes halogenated alkanes) is 20. The molecule has 0 spiro atoms. The van der Waals surface area contributed by atoms with Crippen LogP contribution in [0.3, 0.4) is 0 Å². The van der Waals surface area contributed by atoms with Crippen LogP contribution in [0.15, 0.2) is 0 Å². The van der Waals surface area contributed by atoms with Crippen LogP contribution in [0.5, 0.6) is 0 Å². The summed E-state index contributed by atoms with van der Waals surface area (Å²) in [7, 11) is 8.82. The first kappa shape index (κ1) is 46.9. The number of amides is 2. The van der Waals surface area contributed by atoms with Gasteiger partial charge in [-0.05, 0) is 25.7 Å². The third-order valence-electron chi connectivity index (χ3n) is 10.3. The molecule has 0 atom stereocenters. The molecule has 0 aromatic rings. The molecule has 0 aliphatic rings. The maximum atomic E-state index is 13.7. The summed E-state index contributed by atoms with van der Waals surface area (Å²) >= 11 is 0. The summed E-state index contributed by atoms with van der Waals surface area (Å²) in [5.74, 6) is 0.625. The molecule has 0 aromatic carbocycles. The molecule has 0 unspecified atom stereocenters. The minimum Gasteiger partial charge on any atom is -0.338 e.